The van der Waals surface area contributed by atoms with E-state index in [1.165, 1.54) is 7.11 Å². The van der Waals surface area contributed by atoms with Crippen LogP contribution in [0, 0.1) is 5.41 Å². The lowest BCUT2D eigenvalue weighted by Crippen LogP contribution is -2.40. The highest BCUT2D eigenvalue weighted by Crippen LogP contribution is 2.43. The van der Waals surface area contributed by atoms with E-state index in [4.69, 9.17) is 4.74 Å². The van der Waals surface area contributed by atoms with Crippen molar-refractivity contribution < 1.29 is 14.6 Å². The van der Waals surface area contributed by atoms with Crippen molar-refractivity contribution in [2.45, 2.75) is 13.5 Å². The first-order chi connectivity index (χ1) is 9.05. The van der Waals surface area contributed by atoms with Crippen molar-refractivity contribution in [3.05, 3.63) is 23.8 Å². The fraction of sp³-hybridized carbons (Fsp3) is 0.462. The lowest BCUT2D eigenvalue weighted by Gasteiger charge is -2.20. The zero-order chi connectivity index (χ0) is 13.9. The fourth-order valence-corrected chi connectivity index (χ4v) is 5.09. The average Bonchev–Trinajstić information content (AvgIpc) is 2.85. The zero-order valence-corrected chi connectivity index (χ0v) is 12.6. The van der Waals surface area contributed by atoms with Gasteiger partial charge in [0, 0.05) is 18.1 Å². The second-order valence-electron chi connectivity index (χ2n) is 4.77. The molecule has 0 spiro atoms. The van der Waals surface area contributed by atoms with E-state index < -0.39 is 0 Å². The van der Waals surface area contributed by atoms with E-state index in [0.717, 1.165) is 17.1 Å². The second kappa shape index (κ2) is 5.96. The standard InChI is InChI=1S/C13H17NO3S2/c1-13(7-18-19-8-13)12(16)14-6-9-3-4-10(15)11(5-9)17-2/h3-5,15H,6-8H2,1-2H3,(H,14,16). The molecule has 2 rings (SSSR count). The van der Waals surface area contributed by atoms with Crippen molar-refractivity contribution in [1.82, 2.24) is 5.32 Å². The number of aromatic hydroxyl groups is 1. The summed E-state index contributed by atoms with van der Waals surface area (Å²) in [6.45, 7) is 2.44. The van der Waals surface area contributed by atoms with Gasteiger partial charge in [-0.2, -0.15) is 0 Å². The molecule has 0 atom stereocenters. The van der Waals surface area contributed by atoms with Gasteiger partial charge in [-0.1, -0.05) is 27.7 Å². The lowest BCUT2D eigenvalue weighted by atomic mass is 9.94. The van der Waals surface area contributed by atoms with E-state index in [-0.39, 0.29) is 17.1 Å². The number of hydrogen-bond acceptors (Lipinski definition) is 5. The van der Waals surface area contributed by atoms with Crippen LogP contribution in [0.25, 0.3) is 0 Å². The van der Waals surface area contributed by atoms with Crippen LogP contribution in [0.1, 0.15) is 12.5 Å². The number of carbonyl (C=O) groups excluding carboxylic acids is 1. The van der Waals surface area contributed by atoms with Gasteiger partial charge in [0.15, 0.2) is 11.5 Å². The van der Waals surface area contributed by atoms with Gasteiger partial charge >= 0.3 is 0 Å². The topological polar surface area (TPSA) is 58.6 Å². The number of phenols is 1. The molecule has 1 heterocycles. The average molecular weight is 299 g/mol. The number of rotatable bonds is 4. The van der Waals surface area contributed by atoms with Crippen LogP contribution in [0.2, 0.25) is 0 Å². The Morgan fingerprint density at radius 2 is 2.16 bits per heavy atom. The minimum Gasteiger partial charge on any atom is -0.504 e. The smallest absolute Gasteiger partial charge is 0.227 e. The first kappa shape index (κ1) is 14.4. The minimum absolute atomic E-state index is 0.0806. The molecule has 0 radical (unpaired) electrons. The number of amides is 1. The van der Waals surface area contributed by atoms with Crippen LogP contribution >= 0.6 is 21.6 Å². The second-order valence-corrected chi connectivity index (χ2v) is 7.24. The molecule has 1 saturated heterocycles. The van der Waals surface area contributed by atoms with E-state index in [1.54, 1.807) is 39.8 Å². The molecule has 1 aromatic rings. The normalized spacial score (nSPS) is 17.2. The van der Waals surface area contributed by atoms with Crippen LogP contribution in [0.5, 0.6) is 11.5 Å². The van der Waals surface area contributed by atoms with E-state index in [0.29, 0.717) is 12.3 Å². The summed E-state index contributed by atoms with van der Waals surface area (Å²) in [5.74, 6) is 2.31. The van der Waals surface area contributed by atoms with Crippen molar-refractivity contribution in [3.63, 3.8) is 0 Å². The number of nitrogens with one attached hydrogen (secondary N) is 1. The van der Waals surface area contributed by atoms with E-state index in [1.807, 2.05) is 6.92 Å². The summed E-state index contributed by atoms with van der Waals surface area (Å²) in [5, 5.41) is 12.5. The molecule has 0 saturated carbocycles. The maximum absolute atomic E-state index is 12.1. The predicted octanol–water partition coefficient (Wildman–Crippen LogP) is 2.42. The Morgan fingerprint density at radius 3 is 2.79 bits per heavy atom. The third-order valence-electron chi connectivity index (χ3n) is 3.08. The zero-order valence-electron chi connectivity index (χ0n) is 10.9. The molecular weight excluding hydrogens is 282 g/mol. The molecule has 1 aromatic carbocycles. The quantitative estimate of drug-likeness (QED) is 0.836. The molecule has 104 valence electrons. The van der Waals surface area contributed by atoms with Gasteiger partial charge in [0.2, 0.25) is 5.91 Å². The summed E-state index contributed by atoms with van der Waals surface area (Å²) in [4.78, 5) is 12.1. The monoisotopic (exact) mass is 299 g/mol. The number of carbonyl (C=O) groups is 1. The van der Waals surface area contributed by atoms with Gasteiger partial charge < -0.3 is 15.2 Å². The van der Waals surface area contributed by atoms with Crippen molar-refractivity contribution >= 4 is 27.5 Å². The number of benzene rings is 1. The van der Waals surface area contributed by atoms with Crippen LogP contribution < -0.4 is 10.1 Å². The van der Waals surface area contributed by atoms with E-state index in [9.17, 15) is 9.90 Å². The largest absolute Gasteiger partial charge is 0.504 e. The summed E-state index contributed by atoms with van der Waals surface area (Å²) >= 11 is 0. The Bertz CT molecular complexity index is 473. The van der Waals surface area contributed by atoms with Gasteiger partial charge in [-0.05, 0) is 24.6 Å². The molecule has 0 aliphatic carbocycles. The SMILES string of the molecule is COc1cc(CNC(=O)C2(C)CSSC2)ccc1O. The summed E-state index contributed by atoms with van der Waals surface area (Å²) in [5.41, 5.74) is 0.626. The molecule has 1 aliphatic heterocycles. The first-order valence-corrected chi connectivity index (χ1v) is 8.42. The van der Waals surface area contributed by atoms with Crippen LogP contribution in [0.4, 0.5) is 0 Å². The number of hydrogen-bond donors (Lipinski definition) is 2. The molecule has 1 aliphatic rings. The highest BCUT2D eigenvalue weighted by atomic mass is 33.1. The maximum Gasteiger partial charge on any atom is 0.227 e. The Morgan fingerprint density at radius 1 is 1.47 bits per heavy atom. The van der Waals surface area contributed by atoms with Gasteiger partial charge in [-0.3, -0.25) is 4.79 Å². The number of ether oxygens (including phenoxy) is 1. The molecular formula is C13H17NO3S2. The summed E-state index contributed by atoms with van der Waals surface area (Å²) < 4.78 is 5.04. The third-order valence-corrected chi connectivity index (χ3v) is 5.97. The van der Waals surface area contributed by atoms with Crippen LogP contribution in [0.15, 0.2) is 18.2 Å². The molecule has 4 nitrogen and oxygen atoms in total. The summed E-state index contributed by atoms with van der Waals surface area (Å²) in [7, 11) is 4.99. The molecule has 6 heteroatoms. The van der Waals surface area contributed by atoms with Crippen LogP contribution in [-0.4, -0.2) is 29.6 Å². The van der Waals surface area contributed by atoms with Gasteiger partial charge in [-0.25, -0.2) is 0 Å². The minimum atomic E-state index is -0.281. The molecule has 0 unspecified atom stereocenters. The number of methoxy groups -OCH3 is 1. The lowest BCUT2D eigenvalue weighted by molar-refractivity contribution is -0.128. The van der Waals surface area contributed by atoms with Crippen LogP contribution in [-0.2, 0) is 11.3 Å². The van der Waals surface area contributed by atoms with Gasteiger partial charge in [-0.15, -0.1) is 0 Å². The third kappa shape index (κ3) is 3.30. The van der Waals surface area contributed by atoms with Crippen molar-refractivity contribution in [1.29, 1.82) is 0 Å². The highest BCUT2D eigenvalue weighted by molar-refractivity contribution is 8.77. The van der Waals surface area contributed by atoms with E-state index >= 15 is 0 Å². The first-order valence-electron chi connectivity index (χ1n) is 5.94. The molecule has 0 bridgehead atoms. The molecule has 19 heavy (non-hydrogen) atoms. The molecule has 1 fully saturated rings. The Balaban J connectivity index is 1.97. The summed E-state index contributed by atoms with van der Waals surface area (Å²) in [6, 6.07) is 5.08. The molecule has 2 N–H and O–H groups in total. The fourth-order valence-electron chi connectivity index (χ4n) is 1.74. The molecule has 1 amide bonds. The van der Waals surface area contributed by atoms with Crippen molar-refractivity contribution in [3.8, 4) is 11.5 Å². The van der Waals surface area contributed by atoms with Gasteiger partial charge in [0.1, 0.15) is 0 Å². The maximum atomic E-state index is 12.1. The Hall–Kier alpha value is -1.01. The Labute approximate surface area is 120 Å². The molecule has 0 aromatic heterocycles. The van der Waals surface area contributed by atoms with E-state index in [2.05, 4.69) is 5.32 Å². The Kier molecular flexibility index (Phi) is 4.52. The summed E-state index contributed by atoms with van der Waals surface area (Å²) in [6.07, 6.45) is 0. The van der Waals surface area contributed by atoms with Gasteiger partial charge in [0.05, 0.1) is 12.5 Å². The highest BCUT2D eigenvalue weighted by Gasteiger charge is 2.37. The van der Waals surface area contributed by atoms with Crippen molar-refractivity contribution in [2.24, 2.45) is 5.41 Å². The van der Waals surface area contributed by atoms with Crippen LogP contribution in [0.3, 0.4) is 0 Å². The van der Waals surface area contributed by atoms with Gasteiger partial charge in [0.25, 0.3) is 0 Å². The predicted molar refractivity (Wildman–Crippen MR) is 79.5 cm³/mol. The number of phenolic OH excluding ortho intramolecular Hbond substituents is 1. The van der Waals surface area contributed by atoms with Crippen molar-refractivity contribution in [2.75, 3.05) is 18.6 Å².